The average Bonchev–Trinajstić information content (AvgIpc) is 3.52. The summed E-state index contributed by atoms with van der Waals surface area (Å²) in [5.74, 6) is 0.839. The number of nitrogens with one attached hydrogen (secondary N) is 1. The second-order valence-electron chi connectivity index (χ2n) is 9.64. The van der Waals surface area contributed by atoms with Crippen LogP contribution in [-0.2, 0) is 10.3 Å². The van der Waals surface area contributed by atoms with Gasteiger partial charge in [-0.2, -0.15) is 0 Å². The Morgan fingerprint density at radius 1 is 0.949 bits per heavy atom. The van der Waals surface area contributed by atoms with Crippen molar-refractivity contribution in [3.8, 4) is 22.9 Å². The molecular weight excluding hydrogens is 539 g/mol. The first-order valence-corrected chi connectivity index (χ1v) is 13.0. The van der Waals surface area contributed by atoms with E-state index in [1.54, 1.807) is 68.8 Å². The molecule has 1 spiro atoms. The third-order valence-electron chi connectivity index (χ3n) is 7.18. The summed E-state index contributed by atoms with van der Waals surface area (Å²) in [5.41, 5.74) is 1.35. The lowest BCUT2D eigenvalue weighted by Gasteiger charge is -2.35. The third-order valence-corrected chi connectivity index (χ3v) is 7.65. The van der Waals surface area contributed by atoms with Crippen LogP contribution in [0.3, 0.4) is 0 Å². The highest BCUT2D eigenvalue weighted by atomic mass is 35.5. The number of benzene rings is 3. The molecule has 39 heavy (non-hydrogen) atoms. The number of carbonyl (C=O) groups excluding carboxylic acids is 2. The van der Waals surface area contributed by atoms with Gasteiger partial charge in [-0.1, -0.05) is 35.3 Å². The lowest BCUT2D eigenvalue weighted by molar-refractivity contribution is -0.119. The fourth-order valence-corrected chi connectivity index (χ4v) is 5.98. The molecule has 198 valence electrons. The van der Waals surface area contributed by atoms with Crippen LogP contribution in [0.4, 0.5) is 11.4 Å². The van der Waals surface area contributed by atoms with Gasteiger partial charge in [-0.3, -0.25) is 14.5 Å². The number of hydrogen-bond donors (Lipinski definition) is 1. The first-order valence-electron chi connectivity index (χ1n) is 12.3. The van der Waals surface area contributed by atoms with Gasteiger partial charge in [0.05, 0.1) is 25.5 Å². The van der Waals surface area contributed by atoms with Crippen molar-refractivity contribution in [1.29, 1.82) is 0 Å². The highest BCUT2D eigenvalue weighted by molar-refractivity contribution is 6.32. The predicted octanol–water partition coefficient (Wildman–Crippen LogP) is 6.31. The van der Waals surface area contributed by atoms with Gasteiger partial charge in [0.25, 0.3) is 11.8 Å². The van der Waals surface area contributed by atoms with Gasteiger partial charge in [-0.15, -0.1) is 0 Å². The summed E-state index contributed by atoms with van der Waals surface area (Å²) in [7, 11) is 3.14. The van der Waals surface area contributed by atoms with Gasteiger partial charge in [0.1, 0.15) is 17.3 Å². The van der Waals surface area contributed by atoms with Crippen molar-refractivity contribution in [2.45, 2.75) is 25.4 Å². The van der Waals surface area contributed by atoms with E-state index in [4.69, 9.17) is 37.7 Å². The highest BCUT2D eigenvalue weighted by Gasteiger charge is 2.64. The van der Waals surface area contributed by atoms with Crippen molar-refractivity contribution >= 4 is 46.4 Å². The average molecular weight is 563 g/mol. The topological polar surface area (TPSA) is 85.7 Å². The molecule has 8 nitrogen and oxygen atoms in total. The zero-order valence-electron chi connectivity index (χ0n) is 21.6. The van der Waals surface area contributed by atoms with Crippen LogP contribution in [0.2, 0.25) is 10.0 Å². The Bertz CT molecular complexity index is 1680. The summed E-state index contributed by atoms with van der Waals surface area (Å²) in [5, 5.41) is 3.87. The minimum absolute atomic E-state index is 0.175. The molecule has 3 heterocycles. The van der Waals surface area contributed by atoms with Gasteiger partial charge in [-0.25, -0.2) is 4.98 Å². The maximum Gasteiger partial charge on any atom is 0.280 e. The van der Waals surface area contributed by atoms with Crippen LogP contribution in [0, 0.1) is 0 Å². The highest BCUT2D eigenvalue weighted by Crippen LogP contribution is 2.54. The third kappa shape index (κ3) is 3.48. The smallest absolute Gasteiger partial charge is 0.280 e. The molecule has 1 atom stereocenters. The maximum absolute atomic E-state index is 14.3. The summed E-state index contributed by atoms with van der Waals surface area (Å²) in [6, 6.07) is 17.3. The lowest BCUT2D eigenvalue weighted by Crippen LogP contribution is -2.51. The number of halogens is 2. The van der Waals surface area contributed by atoms with E-state index in [1.165, 1.54) is 4.90 Å². The molecule has 0 unspecified atom stereocenters. The quantitative estimate of drug-likeness (QED) is 0.308. The molecule has 0 bridgehead atoms. The molecule has 0 fully saturated rings. The zero-order valence-corrected chi connectivity index (χ0v) is 23.1. The number of methoxy groups -OCH3 is 2. The van der Waals surface area contributed by atoms with Crippen LogP contribution < -0.4 is 19.7 Å². The Balaban J connectivity index is 1.71. The van der Waals surface area contributed by atoms with E-state index in [0.29, 0.717) is 55.6 Å². The Hall–Kier alpha value is -4.01. The van der Waals surface area contributed by atoms with Gasteiger partial charge in [0.2, 0.25) is 0 Å². The minimum Gasteiger partial charge on any atom is -0.497 e. The number of aromatic nitrogens is 2. The van der Waals surface area contributed by atoms with E-state index in [-0.39, 0.29) is 17.6 Å². The second kappa shape index (κ2) is 9.03. The molecule has 0 saturated carbocycles. The standard InChI is InChI=1S/C29H24Cl2N4O4/c1-15(2)34-25-24(33-26(34)20-10-9-19(38-3)14-23(20)39-4)27(36)35(18-7-5-6-16(30)12-18)29(25)21-11-8-17(31)13-22(21)32-28(29)37/h5-15H,1-4H3,(H,32,37)/t29-/m1/s1. The van der Waals surface area contributed by atoms with E-state index in [2.05, 4.69) is 5.32 Å². The summed E-state index contributed by atoms with van der Waals surface area (Å²) in [6.45, 7) is 3.97. The molecule has 0 radical (unpaired) electrons. The Morgan fingerprint density at radius 3 is 2.41 bits per heavy atom. The molecule has 0 aliphatic carbocycles. The molecular formula is C29H24Cl2N4O4. The number of imidazole rings is 1. The van der Waals surface area contributed by atoms with Crippen molar-refractivity contribution < 1.29 is 19.1 Å². The number of nitrogens with zero attached hydrogens (tertiary/aromatic N) is 3. The Labute approximate surface area is 235 Å². The van der Waals surface area contributed by atoms with Crippen LogP contribution in [0.25, 0.3) is 11.4 Å². The van der Waals surface area contributed by atoms with Crippen LogP contribution in [-0.4, -0.2) is 35.6 Å². The molecule has 10 heteroatoms. The summed E-state index contributed by atoms with van der Waals surface area (Å²) in [4.78, 5) is 34.9. The largest absolute Gasteiger partial charge is 0.497 e. The fraction of sp³-hybridized carbons (Fsp3) is 0.207. The van der Waals surface area contributed by atoms with Crippen molar-refractivity contribution in [1.82, 2.24) is 9.55 Å². The molecule has 0 saturated heterocycles. The summed E-state index contributed by atoms with van der Waals surface area (Å²) in [6.07, 6.45) is 0. The van der Waals surface area contributed by atoms with E-state index in [0.717, 1.165) is 0 Å². The molecule has 1 N–H and O–H groups in total. The molecule has 2 aliphatic rings. The van der Waals surface area contributed by atoms with Crippen LogP contribution >= 0.6 is 23.2 Å². The minimum atomic E-state index is -1.55. The number of carbonyl (C=O) groups is 2. The fourth-order valence-electron chi connectivity index (χ4n) is 5.62. The number of rotatable bonds is 5. The molecule has 4 aromatic rings. The maximum atomic E-state index is 14.3. The number of fused-ring (bicyclic) bond motifs is 4. The van der Waals surface area contributed by atoms with Gasteiger partial charge in [0.15, 0.2) is 11.2 Å². The van der Waals surface area contributed by atoms with Gasteiger partial charge >= 0.3 is 0 Å². The number of hydrogen-bond acceptors (Lipinski definition) is 5. The van der Waals surface area contributed by atoms with Crippen LogP contribution in [0.1, 0.15) is 41.6 Å². The number of amides is 2. The summed E-state index contributed by atoms with van der Waals surface area (Å²) < 4.78 is 13.0. The van der Waals surface area contributed by atoms with E-state index in [9.17, 15) is 9.59 Å². The monoisotopic (exact) mass is 562 g/mol. The van der Waals surface area contributed by atoms with Crippen molar-refractivity contribution in [2.75, 3.05) is 24.4 Å². The molecule has 6 rings (SSSR count). The van der Waals surface area contributed by atoms with Crippen LogP contribution in [0.5, 0.6) is 11.5 Å². The summed E-state index contributed by atoms with van der Waals surface area (Å²) >= 11 is 12.7. The van der Waals surface area contributed by atoms with Gasteiger partial charge in [-0.05, 0) is 56.3 Å². The van der Waals surface area contributed by atoms with Gasteiger partial charge in [0, 0.05) is 39.1 Å². The van der Waals surface area contributed by atoms with E-state index < -0.39 is 11.4 Å². The number of anilines is 2. The van der Waals surface area contributed by atoms with Crippen LogP contribution in [0.15, 0.2) is 60.7 Å². The van der Waals surface area contributed by atoms with Crippen molar-refractivity contribution in [3.05, 3.63) is 87.7 Å². The number of ether oxygens (including phenoxy) is 2. The Kier molecular flexibility index (Phi) is 5.86. The lowest BCUT2D eigenvalue weighted by atomic mass is 9.87. The van der Waals surface area contributed by atoms with E-state index >= 15 is 0 Å². The first-order chi connectivity index (χ1) is 18.7. The first kappa shape index (κ1) is 25.3. The zero-order chi connectivity index (χ0) is 27.6. The molecule has 2 aliphatic heterocycles. The molecule has 2 amide bonds. The SMILES string of the molecule is COc1ccc(-c2nc3c(n2C(C)C)[C@]2(C(=O)Nc4cc(Cl)ccc42)N(c2cccc(Cl)c2)C3=O)c(OC)c1. The van der Waals surface area contributed by atoms with Gasteiger partial charge < -0.3 is 19.4 Å². The van der Waals surface area contributed by atoms with Crippen molar-refractivity contribution in [2.24, 2.45) is 0 Å². The second-order valence-corrected chi connectivity index (χ2v) is 10.5. The normalized spacial score (nSPS) is 17.6. The van der Waals surface area contributed by atoms with Crippen molar-refractivity contribution in [3.63, 3.8) is 0 Å². The Morgan fingerprint density at radius 2 is 1.72 bits per heavy atom. The molecule has 1 aromatic heterocycles. The predicted molar refractivity (Wildman–Crippen MR) is 150 cm³/mol. The van der Waals surface area contributed by atoms with E-state index in [1.807, 2.05) is 24.5 Å². The molecule has 3 aromatic carbocycles.